The van der Waals surface area contributed by atoms with Gasteiger partial charge in [-0.1, -0.05) is 41.6 Å². The minimum atomic E-state index is 0.284. The molecular weight excluding hydrogens is 222 g/mol. The molecule has 2 N–H and O–H groups in total. The van der Waals surface area contributed by atoms with Crippen molar-refractivity contribution < 1.29 is 0 Å². The Labute approximate surface area is 98.3 Å². The van der Waals surface area contributed by atoms with E-state index in [1.807, 2.05) is 30.3 Å². The van der Waals surface area contributed by atoms with Crippen LogP contribution in [0.5, 0.6) is 0 Å². The summed E-state index contributed by atoms with van der Waals surface area (Å²) >= 11 is 5.70. The van der Waals surface area contributed by atoms with Gasteiger partial charge in [0.1, 0.15) is 0 Å². The van der Waals surface area contributed by atoms with Crippen molar-refractivity contribution in [3.8, 4) is 11.8 Å². The van der Waals surface area contributed by atoms with E-state index in [-0.39, 0.29) is 11.0 Å². The molecule has 2 rings (SSSR count). The van der Waals surface area contributed by atoms with Crippen molar-refractivity contribution in [2.24, 2.45) is 0 Å². The minimum Gasteiger partial charge on any atom is -0.381 e. The van der Waals surface area contributed by atoms with Crippen LogP contribution < -0.4 is 5.73 Å². The summed E-state index contributed by atoms with van der Waals surface area (Å²) in [4.78, 5) is 0. The molecule has 0 saturated carbocycles. The van der Waals surface area contributed by atoms with Crippen molar-refractivity contribution in [3.05, 3.63) is 52.7 Å². The van der Waals surface area contributed by atoms with Gasteiger partial charge in [0.05, 0.1) is 5.56 Å². The van der Waals surface area contributed by atoms with Crippen molar-refractivity contribution in [3.63, 3.8) is 0 Å². The Kier molecular flexibility index (Phi) is 3.04. The van der Waals surface area contributed by atoms with Gasteiger partial charge >= 0.3 is 0 Å². The van der Waals surface area contributed by atoms with Crippen LogP contribution in [-0.2, 0) is 0 Å². The zero-order valence-corrected chi connectivity index (χ0v) is 9.07. The van der Waals surface area contributed by atoms with Crippen LogP contribution in [0.4, 0.5) is 5.82 Å². The standard InChI is InChI=1S/C12H8ClN3/c13-11-8-10(12(14)16-15-11)7-6-9-4-2-1-3-5-9/h1-5,8H,(H2,14,16). The number of nitrogens with two attached hydrogens (primary N) is 1. The summed E-state index contributed by atoms with van der Waals surface area (Å²) in [6.45, 7) is 0. The highest BCUT2D eigenvalue weighted by Crippen LogP contribution is 2.10. The first-order chi connectivity index (χ1) is 7.75. The first-order valence-electron chi connectivity index (χ1n) is 4.61. The Morgan fingerprint density at radius 2 is 1.81 bits per heavy atom. The lowest BCUT2D eigenvalue weighted by Gasteiger charge is -1.95. The van der Waals surface area contributed by atoms with Crippen LogP contribution in [0.15, 0.2) is 36.4 Å². The molecule has 1 aromatic carbocycles. The van der Waals surface area contributed by atoms with Gasteiger partial charge in [-0.15, -0.1) is 10.2 Å². The fourth-order valence-electron chi connectivity index (χ4n) is 1.14. The number of aromatic nitrogens is 2. The lowest BCUT2D eigenvalue weighted by molar-refractivity contribution is 1.04. The largest absolute Gasteiger partial charge is 0.381 e. The molecule has 0 radical (unpaired) electrons. The summed E-state index contributed by atoms with van der Waals surface area (Å²) < 4.78 is 0. The maximum Gasteiger partial charge on any atom is 0.162 e. The summed E-state index contributed by atoms with van der Waals surface area (Å²) in [5.41, 5.74) is 7.12. The Hall–Kier alpha value is -2.05. The lowest BCUT2D eigenvalue weighted by Crippen LogP contribution is -1.96. The zero-order chi connectivity index (χ0) is 11.4. The van der Waals surface area contributed by atoms with Gasteiger partial charge < -0.3 is 5.73 Å². The van der Waals surface area contributed by atoms with Crippen LogP contribution in [-0.4, -0.2) is 10.2 Å². The average Bonchev–Trinajstić information content (AvgIpc) is 2.32. The summed E-state index contributed by atoms with van der Waals surface area (Å²) in [7, 11) is 0. The molecule has 3 nitrogen and oxygen atoms in total. The van der Waals surface area contributed by atoms with Gasteiger partial charge in [0, 0.05) is 5.56 Å². The third kappa shape index (κ3) is 2.50. The van der Waals surface area contributed by atoms with Crippen LogP contribution in [0.25, 0.3) is 0 Å². The number of anilines is 1. The third-order valence-corrected chi connectivity index (χ3v) is 2.09. The van der Waals surface area contributed by atoms with E-state index in [0.717, 1.165) is 5.56 Å². The van der Waals surface area contributed by atoms with Gasteiger partial charge in [-0.05, 0) is 18.2 Å². The molecule has 1 aromatic heterocycles. The van der Waals surface area contributed by atoms with Crippen LogP contribution in [0.2, 0.25) is 5.15 Å². The second-order valence-corrected chi connectivity index (χ2v) is 3.47. The summed E-state index contributed by atoms with van der Waals surface area (Å²) in [5, 5.41) is 7.59. The number of halogens is 1. The predicted octanol–water partition coefficient (Wildman–Crippen LogP) is 2.11. The number of nitrogen functional groups attached to an aromatic ring is 1. The molecule has 0 fully saturated rings. The van der Waals surface area contributed by atoms with Gasteiger partial charge in [-0.3, -0.25) is 0 Å². The number of rotatable bonds is 0. The maximum atomic E-state index is 5.70. The minimum absolute atomic E-state index is 0.284. The van der Waals surface area contributed by atoms with Gasteiger partial charge in [-0.2, -0.15) is 0 Å². The molecule has 0 amide bonds. The Balaban J connectivity index is 2.34. The molecule has 0 unspecified atom stereocenters. The molecule has 0 saturated heterocycles. The number of benzene rings is 1. The topological polar surface area (TPSA) is 51.8 Å². The van der Waals surface area contributed by atoms with E-state index < -0.39 is 0 Å². The Morgan fingerprint density at radius 3 is 2.56 bits per heavy atom. The highest BCUT2D eigenvalue weighted by molar-refractivity contribution is 6.29. The molecule has 0 aliphatic carbocycles. The molecule has 0 aliphatic heterocycles. The number of nitrogens with zero attached hydrogens (tertiary/aromatic N) is 2. The van der Waals surface area contributed by atoms with Crippen LogP contribution >= 0.6 is 11.6 Å². The average molecular weight is 230 g/mol. The van der Waals surface area contributed by atoms with Crippen LogP contribution in [0.3, 0.4) is 0 Å². The molecule has 0 spiro atoms. The third-order valence-electron chi connectivity index (χ3n) is 1.91. The van der Waals surface area contributed by atoms with Gasteiger partial charge in [0.2, 0.25) is 0 Å². The Morgan fingerprint density at radius 1 is 1.06 bits per heavy atom. The fraction of sp³-hybridized carbons (Fsp3) is 0. The second-order valence-electron chi connectivity index (χ2n) is 3.08. The number of hydrogen-bond acceptors (Lipinski definition) is 3. The molecule has 1 heterocycles. The summed E-state index contributed by atoms with van der Waals surface area (Å²) in [5.74, 6) is 6.17. The number of hydrogen-bond donors (Lipinski definition) is 1. The maximum absolute atomic E-state index is 5.70. The monoisotopic (exact) mass is 229 g/mol. The SMILES string of the molecule is Nc1nnc(Cl)cc1C#Cc1ccccc1. The lowest BCUT2D eigenvalue weighted by atomic mass is 10.2. The molecule has 0 bridgehead atoms. The van der Waals surface area contributed by atoms with E-state index in [1.54, 1.807) is 6.07 Å². The van der Waals surface area contributed by atoms with Crippen LogP contribution in [0, 0.1) is 11.8 Å². The van der Waals surface area contributed by atoms with Gasteiger partial charge in [0.25, 0.3) is 0 Å². The van der Waals surface area contributed by atoms with E-state index >= 15 is 0 Å². The summed E-state index contributed by atoms with van der Waals surface area (Å²) in [6.07, 6.45) is 0. The highest BCUT2D eigenvalue weighted by Gasteiger charge is 1.98. The first-order valence-corrected chi connectivity index (χ1v) is 4.99. The van der Waals surface area contributed by atoms with E-state index in [0.29, 0.717) is 5.56 Å². The van der Waals surface area contributed by atoms with Crippen molar-refractivity contribution in [2.75, 3.05) is 5.73 Å². The van der Waals surface area contributed by atoms with Gasteiger partial charge in [-0.25, -0.2) is 0 Å². The normalized spacial score (nSPS) is 9.31. The predicted molar refractivity (Wildman–Crippen MR) is 63.9 cm³/mol. The molecule has 2 aromatic rings. The van der Waals surface area contributed by atoms with Crippen molar-refractivity contribution in [2.45, 2.75) is 0 Å². The van der Waals surface area contributed by atoms with Crippen LogP contribution in [0.1, 0.15) is 11.1 Å². The zero-order valence-electron chi connectivity index (χ0n) is 8.31. The molecule has 4 heteroatoms. The van der Waals surface area contributed by atoms with E-state index in [1.165, 1.54) is 0 Å². The first kappa shape index (κ1) is 10.5. The highest BCUT2D eigenvalue weighted by atomic mass is 35.5. The fourth-order valence-corrected chi connectivity index (χ4v) is 1.29. The van der Waals surface area contributed by atoms with E-state index in [2.05, 4.69) is 22.0 Å². The van der Waals surface area contributed by atoms with E-state index in [9.17, 15) is 0 Å². The molecule has 0 atom stereocenters. The Bertz CT molecular complexity index is 555. The molecular formula is C12H8ClN3. The molecule has 16 heavy (non-hydrogen) atoms. The van der Waals surface area contributed by atoms with Crippen molar-refractivity contribution in [1.82, 2.24) is 10.2 Å². The van der Waals surface area contributed by atoms with Crippen molar-refractivity contribution >= 4 is 17.4 Å². The smallest absolute Gasteiger partial charge is 0.162 e. The summed E-state index contributed by atoms with van der Waals surface area (Å²) in [6, 6.07) is 11.2. The molecule has 78 valence electrons. The second kappa shape index (κ2) is 4.65. The molecule has 0 aliphatic rings. The van der Waals surface area contributed by atoms with Crippen molar-refractivity contribution in [1.29, 1.82) is 0 Å². The quantitative estimate of drug-likeness (QED) is 0.704. The van der Waals surface area contributed by atoms with E-state index in [4.69, 9.17) is 17.3 Å². The van der Waals surface area contributed by atoms with Gasteiger partial charge in [0.15, 0.2) is 11.0 Å².